The van der Waals surface area contributed by atoms with Gasteiger partial charge in [-0.05, 0) is 20.3 Å². The van der Waals surface area contributed by atoms with Gasteiger partial charge in [-0.3, -0.25) is 4.79 Å². The zero-order valence-corrected chi connectivity index (χ0v) is 16.5. The number of hydrogen-bond donors (Lipinski definition) is 0. The van der Waals surface area contributed by atoms with Crippen molar-refractivity contribution in [3.8, 4) is 0 Å². The van der Waals surface area contributed by atoms with Crippen molar-refractivity contribution in [3.05, 3.63) is 11.8 Å². The Morgan fingerprint density at radius 3 is 2.50 bits per heavy atom. The van der Waals surface area contributed by atoms with E-state index < -0.39 is 9.84 Å². The molecule has 0 saturated carbocycles. The van der Waals surface area contributed by atoms with Gasteiger partial charge in [-0.15, -0.1) is 0 Å². The highest BCUT2D eigenvalue weighted by Gasteiger charge is 2.33. The minimum Gasteiger partial charge on any atom is -0.353 e. The van der Waals surface area contributed by atoms with E-state index >= 15 is 0 Å². The van der Waals surface area contributed by atoms with Crippen LogP contribution in [0, 0.1) is 6.92 Å². The van der Waals surface area contributed by atoms with Crippen LogP contribution in [-0.2, 0) is 14.6 Å². The van der Waals surface area contributed by atoms with E-state index in [0.717, 1.165) is 24.6 Å². The maximum absolute atomic E-state index is 11.9. The minimum atomic E-state index is -2.96. The number of sulfone groups is 1. The van der Waals surface area contributed by atoms with E-state index in [1.165, 1.54) is 0 Å². The average molecular weight is 382 g/mol. The highest BCUT2D eigenvalue weighted by Crippen LogP contribution is 2.24. The lowest BCUT2D eigenvalue weighted by molar-refractivity contribution is -0.129. The van der Waals surface area contributed by atoms with Gasteiger partial charge in [0.25, 0.3) is 0 Å². The Kier molecular flexibility index (Phi) is 5.36. The number of piperazine rings is 1. The number of carbonyl (C=O) groups excluding carboxylic acids is 1. The van der Waals surface area contributed by atoms with Gasteiger partial charge in [-0.1, -0.05) is 0 Å². The molecule has 2 aliphatic rings. The first-order valence-electron chi connectivity index (χ1n) is 9.12. The van der Waals surface area contributed by atoms with Crippen molar-refractivity contribution >= 4 is 27.5 Å². The molecule has 1 amide bonds. The summed E-state index contributed by atoms with van der Waals surface area (Å²) in [4.78, 5) is 26.8. The number of aryl methyl sites for hydroxylation is 1. The molecule has 1 aromatic rings. The first-order valence-corrected chi connectivity index (χ1v) is 10.9. The van der Waals surface area contributed by atoms with Gasteiger partial charge < -0.3 is 14.7 Å². The highest BCUT2D eigenvalue weighted by molar-refractivity contribution is 7.91. The topological polar surface area (TPSA) is 86.7 Å². The zero-order chi connectivity index (χ0) is 18.9. The maximum atomic E-state index is 11.9. The van der Waals surface area contributed by atoms with Crippen molar-refractivity contribution < 1.29 is 13.2 Å². The molecule has 144 valence electrons. The van der Waals surface area contributed by atoms with E-state index in [-0.39, 0.29) is 23.5 Å². The van der Waals surface area contributed by atoms with E-state index in [1.807, 2.05) is 29.7 Å². The Morgan fingerprint density at radius 1 is 1.27 bits per heavy atom. The first kappa shape index (κ1) is 18.9. The van der Waals surface area contributed by atoms with E-state index in [9.17, 15) is 13.2 Å². The molecule has 1 atom stereocenters. The summed E-state index contributed by atoms with van der Waals surface area (Å²) in [5, 5.41) is 0. The summed E-state index contributed by atoms with van der Waals surface area (Å²) in [6.45, 7) is 9.04. The Hall–Kier alpha value is -1.90. The molecular formula is C17H27N5O3S. The molecule has 0 N–H and O–H groups in total. The standard InChI is InChI=1S/C17H27N5O3S/c1-4-22(15-5-10-26(24,25)12-15)17-18-13(2)11-16(19-17)21-8-6-20(7-9-21)14(3)23/h11,15H,4-10,12H2,1-3H3. The molecule has 26 heavy (non-hydrogen) atoms. The van der Waals surface area contributed by atoms with Crippen LogP contribution in [-0.4, -0.2) is 79.5 Å². The zero-order valence-electron chi connectivity index (χ0n) is 15.7. The molecule has 1 aromatic heterocycles. The van der Waals surface area contributed by atoms with Crippen molar-refractivity contribution in [1.29, 1.82) is 0 Å². The fourth-order valence-electron chi connectivity index (χ4n) is 3.66. The van der Waals surface area contributed by atoms with E-state index in [2.05, 4.69) is 9.88 Å². The Labute approximate surface area is 155 Å². The van der Waals surface area contributed by atoms with Gasteiger partial charge >= 0.3 is 0 Å². The largest absolute Gasteiger partial charge is 0.353 e. The lowest BCUT2D eigenvalue weighted by Gasteiger charge is -2.35. The third-order valence-electron chi connectivity index (χ3n) is 5.12. The number of rotatable bonds is 4. The summed E-state index contributed by atoms with van der Waals surface area (Å²) in [6.07, 6.45) is 0.625. The van der Waals surface area contributed by atoms with Gasteiger partial charge in [0.15, 0.2) is 9.84 Å². The summed E-state index contributed by atoms with van der Waals surface area (Å²) in [5.74, 6) is 1.95. The Morgan fingerprint density at radius 2 is 1.96 bits per heavy atom. The summed E-state index contributed by atoms with van der Waals surface area (Å²) >= 11 is 0. The second-order valence-electron chi connectivity index (χ2n) is 7.00. The van der Waals surface area contributed by atoms with E-state index in [4.69, 9.17) is 4.98 Å². The van der Waals surface area contributed by atoms with Gasteiger partial charge in [0.1, 0.15) is 5.82 Å². The summed E-state index contributed by atoms with van der Waals surface area (Å²) in [5.41, 5.74) is 0.860. The lowest BCUT2D eigenvalue weighted by atomic mass is 10.2. The quantitative estimate of drug-likeness (QED) is 0.749. The SMILES string of the molecule is CCN(c1nc(C)cc(N2CCN(C(C)=O)CC2)n1)C1CCS(=O)(=O)C1. The van der Waals surface area contributed by atoms with Crippen molar-refractivity contribution in [1.82, 2.24) is 14.9 Å². The number of aromatic nitrogens is 2. The molecule has 9 heteroatoms. The summed E-state index contributed by atoms with van der Waals surface area (Å²) < 4.78 is 23.7. The fourth-order valence-corrected chi connectivity index (χ4v) is 5.39. The smallest absolute Gasteiger partial charge is 0.227 e. The number of anilines is 2. The van der Waals surface area contributed by atoms with Gasteiger partial charge in [0.2, 0.25) is 11.9 Å². The minimum absolute atomic E-state index is 0.0609. The molecule has 8 nitrogen and oxygen atoms in total. The third-order valence-corrected chi connectivity index (χ3v) is 6.87. The maximum Gasteiger partial charge on any atom is 0.227 e. The third kappa shape index (κ3) is 4.08. The Balaban J connectivity index is 1.80. The van der Waals surface area contributed by atoms with Crippen LogP contribution >= 0.6 is 0 Å². The molecular weight excluding hydrogens is 354 g/mol. The number of hydrogen-bond acceptors (Lipinski definition) is 7. The number of carbonyl (C=O) groups is 1. The summed E-state index contributed by atoms with van der Waals surface area (Å²) in [6, 6.07) is 1.89. The van der Waals surface area contributed by atoms with Gasteiger partial charge in [0, 0.05) is 57.4 Å². The molecule has 0 aliphatic carbocycles. The van der Waals surface area contributed by atoms with Crippen LogP contribution in [0.2, 0.25) is 0 Å². The Bertz CT molecular complexity index is 775. The lowest BCUT2D eigenvalue weighted by Crippen LogP contribution is -2.48. The average Bonchev–Trinajstić information content (AvgIpc) is 2.95. The van der Waals surface area contributed by atoms with Crippen molar-refractivity contribution in [2.24, 2.45) is 0 Å². The van der Waals surface area contributed by atoms with Gasteiger partial charge in [-0.2, -0.15) is 4.98 Å². The second-order valence-corrected chi connectivity index (χ2v) is 9.23. The first-order chi connectivity index (χ1) is 12.3. The van der Waals surface area contributed by atoms with Crippen LogP contribution in [0.25, 0.3) is 0 Å². The van der Waals surface area contributed by atoms with Crippen molar-refractivity contribution in [3.63, 3.8) is 0 Å². The van der Waals surface area contributed by atoms with Crippen molar-refractivity contribution in [2.45, 2.75) is 33.2 Å². The predicted octanol–water partition coefficient (Wildman–Crippen LogP) is 0.467. The summed E-state index contributed by atoms with van der Waals surface area (Å²) in [7, 11) is -2.96. The van der Waals surface area contributed by atoms with Crippen molar-refractivity contribution in [2.75, 3.05) is 54.0 Å². The van der Waals surface area contributed by atoms with E-state index in [0.29, 0.717) is 32.0 Å². The molecule has 0 aromatic carbocycles. The van der Waals surface area contributed by atoms with Gasteiger partial charge in [-0.25, -0.2) is 13.4 Å². The fraction of sp³-hybridized carbons (Fsp3) is 0.706. The molecule has 3 rings (SSSR count). The van der Waals surface area contributed by atoms with Crippen LogP contribution in [0.15, 0.2) is 6.07 Å². The molecule has 0 spiro atoms. The molecule has 2 saturated heterocycles. The van der Waals surface area contributed by atoms with E-state index in [1.54, 1.807) is 6.92 Å². The normalized spacial score (nSPS) is 22.5. The molecule has 0 radical (unpaired) electrons. The molecule has 2 aliphatic heterocycles. The highest BCUT2D eigenvalue weighted by atomic mass is 32.2. The second kappa shape index (κ2) is 7.38. The number of amides is 1. The molecule has 1 unspecified atom stereocenters. The van der Waals surface area contributed by atoms with Crippen LogP contribution < -0.4 is 9.80 Å². The van der Waals surface area contributed by atoms with Crippen LogP contribution in [0.1, 0.15) is 26.0 Å². The van der Waals surface area contributed by atoms with Crippen LogP contribution in [0.5, 0.6) is 0 Å². The monoisotopic (exact) mass is 381 g/mol. The van der Waals surface area contributed by atoms with Crippen LogP contribution in [0.4, 0.5) is 11.8 Å². The molecule has 0 bridgehead atoms. The molecule has 2 fully saturated rings. The van der Waals surface area contributed by atoms with Crippen LogP contribution in [0.3, 0.4) is 0 Å². The predicted molar refractivity (Wildman–Crippen MR) is 101 cm³/mol. The van der Waals surface area contributed by atoms with Gasteiger partial charge in [0.05, 0.1) is 11.5 Å². The number of nitrogens with zero attached hydrogens (tertiary/aromatic N) is 5. The molecule has 3 heterocycles.